The van der Waals surface area contributed by atoms with E-state index in [1.807, 2.05) is 0 Å². The molecule has 0 nitrogen and oxygen atoms in total. The van der Waals surface area contributed by atoms with Crippen molar-refractivity contribution >= 4 is 48.2 Å². The SMILES string of the molecule is CCC(C)c1cccc(C(C)CC)c1S[CH]([BiH2])Sc1c(C(C)CC)cccc1C(C)CC. The Labute approximate surface area is 222 Å². The van der Waals surface area contributed by atoms with Gasteiger partial charge in [0.25, 0.3) is 0 Å². The molecular weight excluding hydrogens is 621 g/mol. The first-order valence-corrected chi connectivity index (χ1v) is 17.0. The molecule has 0 saturated carbocycles. The van der Waals surface area contributed by atoms with Crippen molar-refractivity contribution in [3.05, 3.63) is 58.7 Å². The van der Waals surface area contributed by atoms with Crippen molar-refractivity contribution < 1.29 is 0 Å². The van der Waals surface area contributed by atoms with Crippen LogP contribution in [0.5, 0.6) is 0 Å². The molecule has 0 N–H and O–H groups in total. The van der Waals surface area contributed by atoms with Gasteiger partial charge in [-0.25, -0.2) is 0 Å². The topological polar surface area (TPSA) is 0 Å². The standard InChI is InChI=1S/C29H43S2.Bi.2H/c1-9-20(5)24-15-13-16-25(21(6)10-2)28(24)30-19-31-29-26(22(7)11-3)17-14-18-27(29)23(8)12-4;;;/h13-23H,9-12H2,1-8H3;;;. The summed E-state index contributed by atoms with van der Waals surface area (Å²) < 4.78 is 0.635. The van der Waals surface area contributed by atoms with E-state index >= 15 is 0 Å². The quantitative estimate of drug-likeness (QED) is 0.126. The van der Waals surface area contributed by atoms with E-state index < -0.39 is 0 Å². The minimum absolute atomic E-state index is 0.617. The van der Waals surface area contributed by atoms with E-state index in [2.05, 4.69) is 115 Å². The molecule has 4 atom stereocenters. The number of rotatable bonds is 12. The Hall–Kier alpha value is 0.0231. The molecule has 2 rings (SSSR count). The summed E-state index contributed by atoms with van der Waals surface area (Å²) in [6.07, 6.45) is 4.81. The predicted molar refractivity (Wildman–Crippen MR) is 152 cm³/mol. The molecule has 0 aliphatic carbocycles. The summed E-state index contributed by atoms with van der Waals surface area (Å²) in [5.41, 5.74) is 6.27. The van der Waals surface area contributed by atoms with Gasteiger partial charge >= 0.3 is 224 Å². The van der Waals surface area contributed by atoms with Crippen LogP contribution >= 0.6 is 23.5 Å². The van der Waals surface area contributed by atoms with Gasteiger partial charge in [0.05, 0.1) is 0 Å². The second-order valence-corrected chi connectivity index (χ2v) is 18.3. The molecule has 0 aliphatic rings. The van der Waals surface area contributed by atoms with Crippen LogP contribution in [0.4, 0.5) is 0 Å². The van der Waals surface area contributed by atoms with Crippen molar-refractivity contribution in [1.82, 2.24) is 0 Å². The van der Waals surface area contributed by atoms with Gasteiger partial charge in [-0.2, -0.15) is 0 Å². The van der Waals surface area contributed by atoms with Gasteiger partial charge in [-0.05, 0) is 0 Å². The molecule has 3 heteroatoms. The van der Waals surface area contributed by atoms with Gasteiger partial charge in [0.2, 0.25) is 0 Å². The molecule has 0 amide bonds. The first-order chi connectivity index (χ1) is 15.3. The maximum atomic E-state index is 2.40. The molecule has 0 spiro atoms. The predicted octanol–water partition coefficient (Wildman–Crippen LogP) is 9.54. The number of hydrogen-bond donors (Lipinski definition) is 0. The molecule has 0 aromatic heterocycles. The first kappa shape index (κ1) is 28.3. The molecule has 0 fully saturated rings. The van der Waals surface area contributed by atoms with Gasteiger partial charge in [-0.3, -0.25) is 0 Å². The number of thioether (sulfide) groups is 2. The molecule has 0 radical (unpaired) electrons. The molecule has 0 aliphatic heterocycles. The van der Waals surface area contributed by atoms with Crippen LogP contribution in [0.15, 0.2) is 46.2 Å². The molecule has 0 heterocycles. The summed E-state index contributed by atoms with van der Waals surface area (Å²) in [4.78, 5) is 3.17. The number of benzene rings is 2. The zero-order chi connectivity index (χ0) is 23.8. The van der Waals surface area contributed by atoms with Crippen LogP contribution in [-0.4, -0.2) is 27.0 Å². The third-order valence-corrected chi connectivity index (χ3v) is 12.8. The summed E-state index contributed by atoms with van der Waals surface area (Å²) in [5, 5.41) is 0. The molecule has 4 unspecified atom stereocenters. The van der Waals surface area contributed by atoms with Crippen molar-refractivity contribution in [2.24, 2.45) is 0 Å². The van der Waals surface area contributed by atoms with E-state index in [1.165, 1.54) is 25.7 Å². The van der Waals surface area contributed by atoms with Crippen LogP contribution < -0.4 is 0 Å². The summed E-state index contributed by atoms with van der Waals surface area (Å²) in [6.45, 7) is 18.9. The van der Waals surface area contributed by atoms with Crippen LogP contribution in [0.2, 0.25) is 0 Å². The van der Waals surface area contributed by atoms with Crippen LogP contribution in [-0.2, 0) is 0 Å². The third kappa shape index (κ3) is 7.02. The van der Waals surface area contributed by atoms with Gasteiger partial charge in [-0.15, -0.1) is 0 Å². The summed E-state index contributed by atoms with van der Waals surface area (Å²) in [6, 6.07) is 14.2. The van der Waals surface area contributed by atoms with E-state index in [1.54, 1.807) is 32.0 Å². The van der Waals surface area contributed by atoms with E-state index in [-0.39, 0.29) is 0 Å². The molecule has 32 heavy (non-hydrogen) atoms. The van der Waals surface area contributed by atoms with E-state index in [0.717, 1.165) is 24.7 Å². The summed E-state index contributed by atoms with van der Waals surface area (Å²) in [7, 11) is 0. The fourth-order valence-electron chi connectivity index (χ4n) is 4.11. The van der Waals surface area contributed by atoms with Crippen LogP contribution in [0, 0.1) is 0 Å². The molecule has 2 aromatic carbocycles. The van der Waals surface area contributed by atoms with E-state index in [0.29, 0.717) is 26.0 Å². The van der Waals surface area contributed by atoms with Gasteiger partial charge in [0.15, 0.2) is 0 Å². The first-order valence-electron chi connectivity index (χ1n) is 12.6. The molecule has 0 saturated heterocycles. The van der Waals surface area contributed by atoms with Crippen molar-refractivity contribution in [1.29, 1.82) is 0 Å². The Morgan fingerprint density at radius 2 is 0.812 bits per heavy atom. The monoisotopic (exact) mass is 666 g/mol. The molecular formula is C29H45BiS2. The average Bonchev–Trinajstić information content (AvgIpc) is 2.82. The molecule has 0 bridgehead atoms. The summed E-state index contributed by atoms with van der Waals surface area (Å²) in [5.74, 6) is 2.47. The Bertz CT molecular complexity index is 721. The maximum absolute atomic E-state index is 2.40. The Balaban J connectivity index is 2.46. The molecule has 2 aromatic rings. The van der Waals surface area contributed by atoms with Gasteiger partial charge in [-0.1, -0.05) is 0 Å². The Kier molecular flexibility index (Phi) is 12.2. The van der Waals surface area contributed by atoms with Crippen molar-refractivity contribution in [2.45, 2.75) is 117 Å². The van der Waals surface area contributed by atoms with Crippen LogP contribution in [0.3, 0.4) is 0 Å². The van der Waals surface area contributed by atoms with E-state index in [9.17, 15) is 0 Å². The van der Waals surface area contributed by atoms with Crippen molar-refractivity contribution in [2.75, 3.05) is 0 Å². The van der Waals surface area contributed by atoms with Gasteiger partial charge in [0, 0.05) is 0 Å². The van der Waals surface area contributed by atoms with Crippen molar-refractivity contribution in [3.8, 4) is 0 Å². The van der Waals surface area contributed by atoms with E-state index in [4.69, 9.17) is 0 Å². The van der Waals surface area contributed by atoms with Crippen LogP contribution in [0.25, 0.3) is 0 Å². The third-order valence-electron chi connectivity index (χ3n) is 7.19. The zero-order valence-corrected chi connectivity index (χ0v) is 27.7. The summed E-state index contributed by atoms with van der Waals surface area (Å²) >= 11 is 5.26. The Morgan fingerprint density at radius 3 is 1.03 bits per heavy atom. The van der Waals surface area contributed by atoms with Gasteiger partial charge in [0.1, 0.15) is 0 Å². The fraction of sp³-hybridized carbons (Fsp3) is 0.586. The zero-order valence-electron chi connectivity index (χ0n) is 21.6. The average molecular weight is 667 g/mol. The molecule has 178 valence electrons. The second kappa shape index (κ2) is 13.8. The van der Waals surface area contributed by atoms with Crippen molar-refractivity contribution in [3.63, 3.8) is 0 Å². The number of hydrogen-bond acceptors (Lipinski definition) is 2. The Morgan fingerprint density at radius 1 is 0.562 bits per heavy atom. The van der Waals surface area contributed by atoms with Gasteiger partial charge < -0.3 is 0 Å². The minimum atomic E-state index is 0.617. The fourth-order valence-corrected chi connectivity index (χ4v) is 10.1. The normalized spacial score (nSPS) is 16.4. The second-order valence-electron chi connectivity index (χ2n) is 9.37. The van der Waals surface area contributed by atoms with Crippen LogP contribution in [0.1, 0.15) is 127 Å².